The number of amides is 1. The van der Waals surface area contributed by atoms with Crippen LogP contribution in [0.4, 0.5) is 5.13 Å². The molecule has 0 fully saturated rings. The Hall–Kier alpha value is -3.52. The predicted molar refractivity (Wildman–Crippen MR) is 112 cm³/mol. The summed E-state index contributed by atoms with van der Waals surface area (Å²) in [6.45, 7) is 3.62. The van der Waals surface area contributed by atoms with Gasteiger partial charge in [0.2, 0.25) is 0 Å². The van der Waals surface area contributed by atoms with E-state index in [4.69, 9.17) is 4.74 Å². The van der Waals surface area contributed by atoms with Gasteiger partial charge in [-0.1, -0.05) is 35.9 Å². The summed E-state index contributed by atoms with van der Waals surface area (Å²) < 4.78 is 5.10. The van der Waals surface area contributed by atoms with Crippen molar-refractivity contribution >= 4 is 39.2 Å². The second-order valence-corrected chi connectivity index (χ2v) is 7.46. The van der Waals surface area contributed by atoms with E-state index in [0.29, 0.717) is 10.5 Å². The molecule has 0 atom stereocenters. The van der Waals surface area contributed by atoms with Crippen molar-refractivity contribution < 1.29 is 14.3 Å². The number of thiazole rings is 1. The van der Waals surface area contributed by atoms with E-state index >= 15 is 0 Å². The van der Waals surface area contributed by atoms with Crippen molar-refractivity contribution in [1.82, 2.24) is 15.2 Å². The first-order valence-electron chi connectivity index (χ1n) is 8.94. The van der Waals surface area contributed by atoms with Gasteiger partial charge in [-0.3, -0.25) is 15.2 Å². The maximum atomic E-state index is 12.2. The molecule has 2 heterocycles. The van der Waals surface area contributed by atoms with Gasteiger partial charge in [0.15, 0.2) is 17.4 Å². The summed E-state index contributed by atoms with van der Waals surface area (Å²) in [5.41, 5.74) is 4.96. The van der Waals surface area contributed by atoms with Gasteiger partial charge in [-0.15, -0.1) is 11.3 Å². The van der Waals surface area contributed by atoms with E-state index in [-0.39, 0.29) is 5.69 Å². The lowest BCUT2D eigenvalue weighted by Gasteiger charge is -2.04. The monoisotopic (exact) mass is 406 g/mol. The molecule has 0 radical (unpaired) electrons. The maximum absolute atomic E-state index is 12.2. The molecule has 0 aliphatic heterocycles. The largest absolute Gasteiger partial charge is 0.451 e. The van der Waals surface area contributed by atoms with Crippen LogP contribution in [0.25, 0.3) is 22.2 Å². The molecule has 0 saturated carbocycles. The molecule has 4 aromatic rings. The Kier molecular flexibility index (Phi) is 5.09. The minimum atomic E-state index is -0.659. The minimum absolute atomic E-state index is 0.153. The van der Waals surface area contributed by atoms with Crippen LogP contribution >= 0.6 is 11.3 Å². The molecule has 2 N–H and O–H groups in total. The van der Waals surface area contributed by atoms with E-state index in [1.807, 2.05) is 43.5 Å². The number of H-pyrrole nitrogens is 1. The van der Waals surface area contributed by atoms with Crippen LogP contribution < -0.4 is 5.32 Å². The molecule has 1 amide bonds. The van der Waals surface area contributed by atoms with Crippen LogP contribution in [0.3, 0.4) is 0 Å². The number of para-hydroxylation sites is 1. The average molecular weight is 406 g/mol. The van der Waals surface area contributed by atoms with Crippen molar-refractivity contribution in [3.05, 3.63) is 64.7 Å². The molecule has 29 heavy (non-hydrogen) atoms. The molecule has 8 heteroatoms. The van der Waals surface area contributed by atoms with Crippen molar-refractivity contribution in [3.63, 3.8) is 0 Å². The molecule has 0 spiro atoms. The number of esters is 1. The van der Waals surface area contributed by atoms with E-state index < -0.39 is 18.5 Å². The molecule has 0 aliphatic rings. The number of fused-ring (bicyclic) bond motifs is 1. The van der Waals surface area contributed by atoms with E-state index in [0.717, 1.165) is 27.9 Å². The number of ether oxygens (including phenoxy) is 1. The van der Waals surface area contributed by atoms with Crippen molar-refractivity contribution in [1.29, 1.82) is 0 Å². The van der Waals surface area contributed by atoms with Gasteiger partial charge < -0.3 is 4.74 Å². The number of hydrogen-bond acceptors (Lipinski definition) is 6. The second-order valence-electron chi connectivity index (χ2n) is 6.60. The Morgan fingerprint density at radius 1 is 1.17 bits per heavy atom. The summed E-state index contributed by atoms with van der Waals surface area (Å²) in [5.74, 6) is -1.12. The van der Waals surface area contributed by atoms with Gasteiger partial charge in [-0.25, -0.2) is 9.78 Å². The number of nitrogens with zero attached hydrogens (tertiary/aromatic N) is 2. The van der Waals surface area contributed by atoms with Gasteiger partial charge in [0, 0.05) is 16.3 Å². The zero-order chi connectivity index (χ0) is 20.4. The fraction of sp³-hybridized carbons (Fsp3) is 0.143. The molecular formula is C21H18N4O3S. The van der Waals surface area contributed by atoms with Crippen LogP contribution in [-0.4, -0.2) is 33.7 Å². The fourth-order valence-corrected chi connectivity index (χ4v) is 3.67. The lowest BCUT2D eigenvalue weighted by Crippen LogP contribution is -2.21. The standard InChI is InChI=1S/C21H18N4O3S/c1-12-7-8-13(2)15(9-12)17-11-29-21(22-17)23-18(26)10-28-20(27)19-14-5-3-4-6-16(14)24-25-19/h3-9,11H,10H2,1-2H3,(H,24,25)(H,22,23,26). The Morgan fingerprint density at radius 2 is 2.00 bits per heavy atom. The first-order valence-corrected chi connectivity index (χ1v) is 9.82. The Labute approximate surface area is 170 Å². The van der Waals surface area contributed by atoms with E-state index in [2.05, 4.69) is 26.6 Å². The maximum Gasteiger partial charge on any atom is 0.359 e. The third-order valence-electron chi connectivity index (χ3n) is 4.42. The van der Waals surface area contributed by atoms with Crippen molar-refractivity contribution in [3.8, 4) is 11.3 Å². The molecular weight excluding hydrogens is 388 g/mol. The molecule has 0 saturated heterocycles. The Balaban J connectivity index is 1.38. The lowest BCUT2D eigenvalue weighted by molar-refractivity contribution is -0.119. The SMILES string of the molecule is Cc1ccc(C)c(-c2csc(NC(=O)COC(=O)c3n[nH]c4ccccc34)n2)c1. The number of aromatic amines is 1. The molecule has 4 rings (SSSR count). The number of carbonyl (C=O) groups excluding carboxylic acids is 2. The summed E-state index contributed by atoms with van der Waals surface area (Å²) in [6, 6.07) is 13.4. The quantitative estimate of drug-likeness (QED) is 0.487. The number of anilines is 1. The normalized spacial score (nSPS) is 10.8. The van der Waals surface area contributed by atoms with Crippen LogP contribution in [0.2, 0.25) is 0 Å². The van der Waals surface area contributed by atoms with Gasteiger partial charge in [0.1, 0.15) is 0 Å². The van der Waals surface area contributed by atoms with Crippen LogP contribution in [0.1, 0.15) is 21.6 Å². The fourth-order valence-electron chi connectivity index (χ4n) is 2.94. The molecule has 0 bridgehead atoms. The predicted octanol–water partition coefficient (Wildman–Crippen LogP) is 4.10. The third-order valence-corrected chi connectivity index (χ3v) is 5.18. The number of aryl methyl sites for hydroxylation is 2. The highest BCUT2D eigenvalue weighted by molar-refractivity contribution is 7.14. The number of hydrogen-bond donors (Lipinski definition) is 2. The van der Waals surface area contributed by atoms with Gasteiger partial charge in [0.25, 0.3) is 5.91 Å². The van der Waals surface area contributed by atoms with Crippen molar-refractivity contribution in [2.45, 2.75) is 13.8 Å². The number of benzene rings is 2. The van der Waals surface area contributed by atoms with Gasteiger partial charge >= 0.3 is 5.97 Å². The van der Waals surface area contributed by atoms with Crippen LogP contribution in [0.15, 0.2) is 47.8 Å². The molecule has 0 aliphatic carbocycles. The zero-order valence-corrected chi connectivity index (χ0v) is 16.7. The van der Waals surface area contributed by atoms with Crippen molar-refractivity contribution in [2.75, 3.05) is 11.9 Å². The average Bonchev–Trinajstić information content (AvgIpc) is 3.35. The van der Waals surface area contributed by atoms with Crippen LogP contribution in [-0.2, 0) is 9.53 Å². The molecule has 7 nitrogen and oxygen atoms in total. The Bertz CT molecular complexity index is 1210. The first-order chi connectivity index (χ1) is 14.0. The van der Waals surface area contributed by atoms with Crippen molar-refractivity contribution in [2.24, 2.45) is 0 Å². The van der Waals surface area contributed by atoms with Gasteiger partial charge in [0.05, 0.1) is 11.2 Å². The number of nitrogens with one attached hydrogen (secondary N) is 2. The molecule has 2 aromatic carbocycles. The topological polar surface area (TPSA) is 97.0 Å². The summed E-state index contributed by atoms with van der Waals surface area (Å²) in [5, 5.41) is 12.4. The van der Waals surface area contributed by atoms with Gasteiger partial charge in [-0.05, 0) is 31.5 Å². The molecule has 146 valence electrons. The molecule has 0 unspecified atom stereocenters. The number of carbonyl (C=O) groups is 2. The van der Waals surface area contributed by atoms with Gasteiger partial charge in [-0.2, -0.15) is 5.10 Å². The lowest BCUT2D eigenvalue weighted by atomic mass is 10.0. The summed E-state index contributed by atoms with van der Waals surface area (Å²) >= 11 is 1.32. The summed E-state index contributed by atoms with van der Waals surface area (Å²) in [6.07, 6.45) is 0. The highest BCUT2D eigenvalue weighted by Crippen LogP contribution is 2.28. The highest BCUT2D eigenvalue weighted by Gasteiger charge is 2.17. The third kappa shape index (κ3) is 4.02. The smallest absolute Gasteiger partial charge is 0.359 e. The first kappa shape index (κ1) is 18.8. The van der Waals surface area contributed by atoms with Crippen LogP contribution in [0, 0.1) is 13.8 Å². The number of aromatic nitrogens is 3. The molecule has 2 aromatic heterocycles. The summed E-state index contributed by atoms with van der Waals surface area (Å²) in [4.78, 5) is 28.9. The van der Waals surface area contributed by atoms with E-state index in [1.54, 1.807) is 12.1 Å². The highest BCUT2D eigenvalue weighted by atomic mass is 32.1. The van der Waals surface area contributed by atoms with E-state index in [9.17, 15) is 9.59 Å². The zero-order valence-electron chi connectivity index (χ0n) is 15.9. The summed E-state index contributed by atoms with van der Waals surface area (Å²) in [7, 11) is 0. The van der Waals surface area contributed by atoms with Crippen LogP contribution in [0.5, 0.6) is 0 Å². The minimum Gasteiger partial charge on any atom is -0.451 e. The second kappa shape index (κ2) is 7.84. The van der Waals surface area contributed by atoms with E-state index in [1.165, 1.54) is 11.3 Å². The number of rotatable bonds is 5. The Morgan fingerprint density at radius 3 is 2.86 bits per heavy atom.